The fraction of sp³-hybridized carbons (Fsp3) is 0.118. The number of anilines is 2. The number of rotatable bonds is 5. The zero-order chi connectivity index (χ0) is 19.0. The SMILES string of the molecule is CS(=O)(=O)Nc1ccccc1Cn1cnc2c(-c3ccco3)nc(N)nc21. The van der Waals surface area contributed by atoms with Gasteiger partial charge in [0.2, 0.25) is 16.0 Å². The van der Waals surface area contributed by atoms with Gasteiger partial charge in [-0.2, -0.15) is 4.98 Å². The van der Waals surface area contributed by atoms with Gasteiger partial charge in [-0.1, -0.05) is 18.2 Å². The number of hydrogen-bond donors (Lipinski definition) is 2. The van der Waals surface area contributed by atoms with Crippen LogP contribution in [0.4, 0.5) is 11.6 Å². The maximum absolute atomic E-state index is 11.6. The fourth-order valence-corrected chi connectivity index (χ4v) is 3.40. The number of sulfonamides is 1. The van der Waals surface area contributed by atoms with E-state index in [-0.39, 0.29) is 5.95 Å². The van der Waals surface area contributed by atoms with Crippen molar-refractivity contribution in [1.82, 2.24) is 19.5 Å². The monoisotopic (exact) mass is 384 g/mol. The molecule has 27 heavy (non-hydrogen) atoms. The summed E-state index contributed by atoms with van der Waals surface area (Å²) in [5, 5.41) is 0. The molecule has 0 fully saturated rings. The van der Waals surface area contributed by atoms with Crippen LogP contribution < -0.4 is 10.5 Å². The lowest BCUT2D eigenvalue weighted by molar-refractivity contribution is 0.580. The standard InChI is InChI=1S/C17H16N6O3S/c1-27(24,25)22-12-6-3-2-5-11(12)9-23-10-19-15-14(13-7-4-8-26-13)20-17(18)21-16(15)23/h2-8,10,22H,9H2,1H3,(H2,18,20,21). The highest BCUT2D eigenvalue weighted by molar-refractivity contribution is 7.92. The van der Waals surface area contributed by atoms with E-state index in [0.717, 1.165) is 11.8 Å². The maximum Gasteiger partial charge on any atom is 0.229 e. The minimum atomic E-state index is -3.40. The Bertz CT molecular complexity index is 1210. The number of nitrogens with one attached hydrogen (secondary N) is 1. The van der Waals surface area contributed by atoms with Crippen molar-refractivity contribution >= 4 is 32.8 Å². The molecule has 9 nitrogen and oxygen atoms in total. The van der Waals surface area contributed by atoms with Crippen LogP contribution in [-0.2, 0) is 16.6 Å². The van der Waals surface area contributed by atoms with Gasteiger partial charge in [0.1, 0.15) is 11.2 Å². The van der Waals surface area contributed by atoms with Crippen LogP contribution in [-0.4, -0.2) is 34.2 Å². The molecule has 0 amide bonds. The van der Waals surface area contributed by atoms with E-state index < -0.39 is 10.0 Å². The molecule has 3 aromatic heterocycles. The highest BCUT2D eigenvalue weighted by Gasteiger charge is 2.17. The Morgan fingerprint density at radius 2 is 2.00 bits per heavy atom. The molecule has 4 rings (SSSR count). The Labute approximate surface area is 154 Å². The smallest absolute Gasteiger partial charge is 0.229 e. The zero-order valence-electron chi connectivity index (χ0n) is 14.3. The molecule has 0 aliphatic carbocycles. The summed E-state index contributed by atoms with van der Waals surface area (Å²) in [6.07, 6.45) is 4.27. The Balaban J connectivity index is 1.79. The zero-order valence-corrected chi connectivity index (χ0v) is 15.1. The van der Waals surface area contributed by atoms with Gasteiger partial charge in [0.05, 0.1) is 31.1 Å². The number of nitrogens with two attached hydrogens (primary N) is 1. The van der Waals surface area contributed by atoms with Gasteiger partial charge < -0.3 is 14.7 Å². The number of hydrogen-bond acceptors (Lipinski definition) is 7. The lowest BCUT2D eigenvalue weighted by Gasteiger charge is -2.11. The summed E-state index contributed by atoms with van der Waals surface area (Å²) >= 11 is 0. The number of aromatic nitrogens is 4. The first kappa shape index (κ1) is 17.0. The molecule has 0 saturated heterocycles. The van der Waals surface area contributed by atoms with Gasteiger partial charge in [0.25, 0.3) is 0 Å². The van der Waals surface area contributed by atoms with Crippen molar-refractivity contribution in [1.29, 1.82) is 0 Å². The molecule has 10 heteroatoms. The first-order chi connectivity index (χ1) is 12.9. The molecule has 0 aliphatic rings. The van der Waals surface area contributed by atoms with Crippen LogP contribution in [0.5, 0.6) is 0 Å². The Kier molecular flexibility index (Phi) is 4.04. The summed E-state index contributed by atoms with van der Waals surface area (Å²) in [5.74, 6) is 0.636. The summed E-state index contributed by atoms with van der Waals surface area (Å²) in [6.45, 7) is 0.350. The van der Waals surface area contributed by atoms with Gasteiger partial charge in [-0.3, -0.25) is 4.72 Å². The number of imidazole rings is 1. The molecular weight excluding hydrogens is 368 g/mol. The molecule has 0 saturated carbocycles. The average molecular weight is 384 g/mol. The van der Waals surface area contributed by atoms with Crippen molar-refractivity contribution in [3.8, 4) is 11.5 Å². The first-order valence-corrected chi connectivity index (χ1v) is 9.88. The van der Waals surface area contributed by atoms with E-state index in [9.17, 15) is 8.42 Å². The Hall–Kier alpha value is -3.40. The predicted molar refractivity (Wildman–Crippen MR) is 101 cm³/mol. The van der Waals surface area contributed by atoms with Crippen LogP contribution >= 0.6 is 0 Å². The third-order valence-corrected chi connectivity index (χ3v) is 4.48. The quantitative estimate of drug-likeness (QED) is 0.539. The van der Waals surface area contributed by atoms with E-state index in [1.54, 1.807) is 41.4 Å². The largest absolute Gasteiger partial charge is 0.463 e. The summed E-state index contributed by atoms with van der Waals surface area (Å²) in [6, 6.07) is 10.7. The van der Waals surface area contributed by atoms with Crippen LogP contribution in [0.25, 0.3) is 22.6 Å². The van der Waals surface area contributed by atoms with Crippen molar-refractivity contribution in [2.24, 2.45) is 0 Å². The molecule has 0 bridgehead atoms. The molecule has 4 aromatic rings. The van der Waals surface area contributed by atoms with Gasteiger partial charge in [-0.05, 0) is 23.8 Å². The van der Waals surface area contributed by atoms with E-state index in [0.29, 0.717) is 34.9 Å². The number of para-hydroxylation sites is 1. The van der Waals surface area contributed by atoms with Gasteiger partial charge in [-0.25, -0.2) is 18.4 Å². The van der Waals surface area contributed by atoms with Crippen molar-refractivity contribution in [3.05, 3.63) is 54.6 Å². The van der Waals surface area contributed by atoms with Gasteiger partial charge in [0, 0.05) is 0 Å². The molecule has 138 valence electrons. The number of fused-ring (bicyclic) bond motifs is 1. The van der Waals surface area contributed by atoms with Crippen LogP contribution in [0, 0.1) is 0 Å². The fourth-order valence-electron chi connectivity index (χ4n) is 2.80. The van der Waals surface area contributed by atoms with Crippen LogP contribution in [0.3, 0.4) is 0 Å². The molecule has 0 aliphatic heterocycles. The first-order valence-electron chi connectivity index (χ1n) is 7.98. The van der Waals surface area contributed by atoms with Crippen LogP contribution in [0.15, 0.2) is 53.4 Å². The lowest BCUT2D eigenvalue weighted by atomic mass is 10.2. The second-order valence-electron chi connectivity index (χ2n) is 5.98. The highest BCUT2D eigenvalue weighted by Crippen LogP contribution is 2.27. The predicted octanol–water partition coefficient (Wildman–Crippen LogP) is 2.09. The maximum atomic E-state index is 11.6. The summed E-state index contributed by atoms with van der Waals surface area (Å²) in [4.78, 5) is 12.9. The lowest BCUT2D eigenvalue weighted by Crippen LogP contribution is -2.12. The molecule has 0 spiro atoms. The number of nitrogens with zero attached hydrogens (tertiary/aromatic N) is 4. The second kappa shape index (κ2) is 6.40. The van der Waals surface area contributed by atoms with Crippen LogP contribution in [0.1, 0.15) is 5.56 Å². The Morgan fingerprint density at radius 1 is 1.19 bits per heavy atom. The molecular formula is C17H16N6O3S. The topological polar surface area (TPSA) is 129 Å². The van der Waals surface area contributed by atoms with Crippen LogP contribution in [0.2, 0.25) is 0 Å². The van der Waals surface area contributed by atoms with E-state index in [1.165, 1.54) is 0 Å². The minimum Gasteiger partial charge on any atom is -0.463 e. The van der Waals surface area contributed by atoms with Gasteiger partial charge >= 0.3 is 0 Å². The minimum absolute atomic E-state index is 0.0956. The third kappa shape index (κ3) is 3.47. The van der Waals surface area contributed by atoms with Crippen molar-refractivity contribution in [3.63, 3.8) is 0 Å². The number of furan rings is 1. The van der Waals surface area contributed by atoms with E-state index >= 15 is 0 Å². The highest BCUT2D eigenvalue weighted by atomic mass is 32.2. The summed E-state index contributed by atoms with van der Waals surface area (Å²) in [5.41, 5.74) is 8.71. The molecule has 3 heterocycles. The number of benzene rings is 1. The van der Waals surface area contributed by atoms with Crippen molar-refractivity contribution in [2.45, 2.75) is 6.54 Å². The van der Waals surface area contributed by atoms with Crippen molar-refractivity contribution in [2.75, 3.05) is 16.7 Å². The number of nitrogen functional groups attached to an aromatic ring is 1. The van der Waals surface area contributed by atoms with Gasteiger partial charge in [-0.15, -0.1) is 0 Å². The molecule has 3 N–H and O–H groups in total. The summed E-state index contributed by atoms with van der Waals surface area (Å²) < 4.78 is 32.9. The van der Waals surface area contributed by atoms with E-state index in [1.807, 2.05) is 12.1 Å². The second-order valence-corrected chi connectivity index (χ2v) is 7.73. The Morgan fingerprint density at radius 3 is 2.74 bits per heavy atom. The summed E-state index contributed by atoms with van der Waals surface area (Å²) in [7, 11) is -3.40. The molecule has 0 atom stereocenters. The molecule has 1 aromatic carbocycles. The normalized spacial score (nSPS) is 11.7. The average Bonchev–Trinajstić information content (AvgIpc) is 3.25. The molecule has 0 unspecified atom stereocenters. The van der Waals surface area contributed by atoms with E-state index in [4.69, 9.17) is 10.2 Å². The molecule has 0 radical (unpaired) electrons. The van der Waals surface area contributed by atoms with Gasteiger partial charge in [0.15, 0.2) is 11.4 Å². The third-order valence-electron chi connectivity index (χ3n) is 3.89. The van der Waals surface area contributed by atoms with E-state index in [2.05, 4.69) is 19.7 Å². The van der Waals surface area contributed by atoms with Crippen molar-refractivity contribution < 1.29 is 12.8 Å².